The van der Waals surface area contributed by atoms with Gasteiger partial charge in [-0.2, -0.15) is 0 Å². The van der Waals surface area contributed by atoms with Gasteiger partial charge >= 0.3 is 5.97 Å². The van der Waals surface area contributed by atoms with Crippen LogP contribution in [0.5, 0.6) is 11.5 Å². The van der Waals surface area contributed by atoms with Gasteiger partial charge in [-0.3, -0.25) is 0 Å². The van der Waals surface area contributed by atoms with Crippen LogP contribution in [0.15, 0.2) is 24.3 Å². The van der Waals surface area contributed by atoms with E-state index in [9.17, 15) is 15.0 Å². The van der Waals surface area contributed by atoms with Crippen LogP contribution in [-0.2, 0) is 0 Å². The molecule has 0 unspecified atom stereocenters. The van der Waals surface area contributed by atoms with E-state index in [1.807, 2.05) is 0 Å². The predicted octanol–water partition coefficient (Wildman–Crippen LogP) is 2.26. The Hall–Kier alpha value is -2.23. The van der Waals surface area contributed by atoms with Crippen molar-refractivity contribution < 1.29 is 20.1 Å². The van der Waals surface area contributed by atoms with E-state index in [0.717, 1.165) is 0 Å². The summed E-state index contributed by atoms with van der Waals surface area (Å²) in [4.78, 5) is 11.0. The summed E-state index contributed by atoms with van der Waals surface area (Å²) in [5.74, 6) is -1.35. The van der Waals surface area contributed by atoms with Crippen molar-refractivity contribution in [1.29, 1.82) is 0 Å². The smallest absolute Gasteiger partial charge is 0.340 e. The van der Waals surface area contributed by atoms with Crippen molar-refractivity contribution >= 4 is 16.7 Å². The summed E-state index contributed by atoms with van der Waals surface area (Å²) in [5.41, 5.74) is 0.459. The van der Waals surface area contributed by atoms with E-state index >= 15 is 0 Å². The Labute approximate surface area is 91.4 Å². The van der Waals surface area contributed by atoms with Crippen LogP contribution in [-0.4, -0.2) is 21.3 Å². The third kappa shape index (κ3) is 1.35. The van der Waals surface area contributed by atoms with E-state index in [-0.39, 0.29) is 17.1 Å². The molecule has 2 rings (SSSR count). The third-order valence-electron chi connectivity index (χ3n) is 2.63. The molecule has 0 saturated carbocycles. The summed E-state index contributed by atoms with van der Waals surface area (Å²) in [5, 5.41) is 29.0. The highest BCUT2D eigenvalue weighted by Crippen LogP contribution is 2.32. The molecule has 0 aromatic heterocycles. The molecule has 0 aliphatic rings. The number of rotatable bonds is 1. The van der Waals surface area contributed by atoms with E-state index in [4.69, 9.17) is 5.11 Å². The van der Waals surface area contributed by atoms with Crippen LogP contribution in [0.25, 0.3) is 10.8 Å². The molecule has 0 bridgehead atoms. The van der Waals surface area contributed by atoms with E-state index in [0.29, 0.717) is 16.3 Å². The van der Waals surface area contributed by atoms with Gasteiger partial charge in [-0.15, -0.1) is 0 Å². The number of phenols is 2. The molecule has 0 atom stereocenters. The predicted molar refractivity (Wildman–Crippen MR) is 59.0 cm³/mol. The average Bonchev–Trinajstić information content (AvgIpc) is 2.22. The summed E-state index contributed by atoms with van der Waals surface area (Å²) < 4.78 is 0. The first-order valence-corrected chi connectivity index (χ1v) is 4.70. The SMILES string of the molecule is Cc1c(O)ccc2c(C(=O)O)c(O)ccc12. The van der Waals surface area contributed by atoms with Crippen LogP contribution in [0.3, 0.4) is 0 Å². The number of aryl methyl sites for hydroxylation is 1. The average molecular weight is 218 g/mol. The first-order valence-electron chi connectivity index (χ1n) is 4.70. The van der Waals surface area contributed by atoms with Gasteiger partial charge in [-0.1, -0.05) is 6.07 Å². The molecule has 0 aliphatic heterocycles. The second-order valence-corrected chi connectivity index (χ2v) is 3.57. The van der Waals surface area contributed by atoms with Gasteiger partial charge in [0.1, 0.15) is 17.1 Å². The standard InChI is InChI=1S/C12H10O4/c1-6-7-2-5-10(14)11(12(15)16)8(7)3-4-9(6)13/h2-5,13-14H,1H3,(H,15,16). The second-order valence-electron chi connectivity index (χ2n) is 3.57. The Balaban J connectivity index is 2.95. The first kappa shape index (κ1) is 10.3. The molecule has 4 heteroatoms. The van der Waals surface area contributed by atoms with Crippen LogP contribution in [0.4, 0.5) is 0 Å². The molecule has 0 amide bonds. The van der Waals surface area contributed by atoms with Crippen LogP contribution in [0, 0.1) is 6.92 Å². The summed E-state index contributed by atoms with van der Waals surface area (Å²) in [7, 11) is 0. The van der Waals surface area contributed by atoms with Gasteiger partial charge in [0.2, 0.25) is 0 Å². The van der Waals surface area contributed by atoms with Crippen molar-refractivity contribution in [2.75, 3.05) is 0 Å². The summed E-state index contributed by atoms with van der Waals surface area (Å²) in [6.07, 6.45) is 0. The number of hydrogen-bond donors (Lipinski definition) is 3. The van der Waals surface area contributed by atoms with E-state index in [2.05, 4.69) is 0 Å². The van der Waals surface area contributed by atoms with Crippen molar-refractivity contribution in [2.45, 2.75) is 6.92 Å². The molecule has 0 heterocycles. The third-order valence-corrected chi connectivity index (χ3v) is 2.63. The second kappa shape index (κ2) is 3.41. The normalized spacial score (nSPS) is 10.6. The summed E-state index contributed by atoms with van der Waals surface area (Å²) in [6.45, 7) is 1.69. The quantitative estimate of drug-likeness (QED) is 0.686. The molecule has 3 N–H and O–H groups in total. The maximum atomic E-state index is 11.0. The number of aromatic carboxylic acids is 1. The van der Waals surface area contributed by atoms with Crippen LogP contribution in [0.1, 0.15) is 15.9 Å². The Morgan fingerprint density at radius 3 is 2.19 bits per heavy atom. The minimum absolute atomic E-state index is 0.106. The molecule has 0 saturated heterocycles. The lowest BCUT2D eigenvalue weighted by molar-refractivity contribution is 0.0696. The van der Waals surface area contributed by atoms with E-state index in [1.165, 1.54) is 18.2 Å². The fourth-order valence-corrected chi connectivity index (χ4v) is 1.76. The number of hydrogen-bond acceptors (Lipinski definition) is 3. The summed E-state index contributed by atoms with van der Waals surface area (Å²) >= 11 is 0. The fourth-order valence-electron chi connectivity index (χ4n) is 1.76. The monoisotopic (exact) mass is 218 g/mol. The van der Waals surface area contributed by atoms with Crippen molar-refractivity contribution in [3.05, 3.63) is 35.4 Å². The van der Waals surface area contributed by atoms with Crippen LogP contribution in [0.2, 0.25) is 0 Å². The van der Waals surface area contributed by atoms with Crippen LogP contribution < -0.4 is 0 Å². The van der Waals surface area contributed by atoms with Gasteiger partial charge < -0.3 is 15.3 Å². The van der Waals surface area contributed by atoms with E-state index < -0.39 is 5.97 Å². The van der Waals surface area contributed by atoms with Crippen molar-refractivity contribution in [3.8, 4) is 11.5 Å². The van der Waals surface area contributed by atoms with Gasteiger partial charge in [-0.25, -0.2) is 4.79 Å². The largest absolute Gasteiger partial charge is 0.508 e. The molecule has 4 nitrogen and oxygen atoms in total. The zero-order valence-electron chi connectivity index (χ0n) is 8.56. The minimum Gasteiger partial charge on any atom is -0.508 e. The zero-order chi connectivity index (χ0) is 11.9. The molecule has 82 valence electrons. The maximum Gasteiger partial charge on any atom is 0.340 e. The van der Waals surface area contributed by atoms with E-state index in [1.54, 1.807) is 13.0 Å². The lowest BCUT2D eigenvalue weighted by atomic mass is 9.99. The number of carboxylic acid groups (broad SMARTS) is 1. The molecule has 0 fully saturated rings. The lowest BCUT2D eigenvalue weighted by Crippen LogP contribution is -1.98. The van der Waals surface area contributed by atoms with Crippen molar-refractivity contribution in [1.82, 2.24) is 0 Å². The first-order chi connectivity index (χ1) is 7.52. The lowest BCUT2D eigenvalue weighted by Gasteiger charge is -2.08. The molecule has 0 radical (unpaired) electrons. The van der Waals surface area contributed by atoms with Crippen molar-refractivity contribution in [2.24, 2.45) is 0 Å². The number of carbonyl (C=O) groups is 1. The number of fused-ring (bicyclic) bond motifs is 1. The Morgan fingerprint density at radius 2 is 1.56 bits per heavy atom. The van der Waals surface area contributed by atoms with Gasteiger partial charge in [-0.05, 0) is 36.1 Å². The minimum atomic E-state index is -1.19. The van der Waals surface area contributed by atoms with Gasteiger partial charge in [0.15, 0.2) is 0 Å². The number of phenolic OH excluding ortho intramolecular Hbond substituents is 1. The van der Waals surface area contributed by atoms with Crippen LogP contribution >= 0.6 is 0 Å². The number of benzene rings is 2. The number of carboxylic acids is 1. The Bertz CT molecular complexity index is 587. The Kier molecular flexibility index (Phi) is 2.20. The molecule has 2 aromatic rings. The summed E-state index contributed by atoms with van der Waals surface area (Å²) in [6, 6.07) is 5.81. The number of aromatic hydroxyl groups is 2. The molecular formula is C12H10O4. The zero-order valence-corrected chi connectivity index (χ0v) is 8.56. The van der Waals surface area contributed by atoms with Gasteiger partial charge in [0.25, 0.3) is 0 Å². The highest BCUT2D eigenvalue weighted by atomic mass is 16.4. The molecule has 16 heavy (non-hydrogen) atoms. The topological polar surface area (TPSA) is 77.8 Å². The Morgan fingerprint density at radius 1 is 1.00 bits per heavy atom. The van der Waals surface area contributed by atoms with Gasteiger partial charge in [0, 0.05) is 5.39 Å². The highest BCUT2D eigenvalue weighted by Gasteiger charge is 2.15. The molecular weight excluding hydrogens is 208 g/mol. The maximum absolute atomic E-state index is 11.0. The van der Waals surface area contributed by atoms with Crippen molar-refractivity contribution in [3.63, 3.8) is 0 Å². The fraction of sp³-hybridized carbons (Fsp3) is 0.0833. The molecule has 0 spiro atoms. The molecule has 0 aliphatic carbocycles. The molecule has 2 aromatic carbocycles. The van der Waals surface area contributed by atoms with Gasteiger partial charge in [0.05, 0.1) is 0 Å². The highest BCUT2D eigenvalue weighted by molar-refractivity contribution is 6.07.